The second kappa shape index (κ2) is 9.72. The molecule has 1 atom stereocenters. The number of nitrogens with two attached hydrogens (primary N) is 2. The van der Waals surface area contributed by atoms with Gasteiger partial charge in [0.2, 0.25) is 5.91 Å². The number of halogens is 4. The molecule has 1 aliphatic heterocycles. The van der Waals surface area contributed by atoms with Crippen molar-refractivity contribution in [2.75, 3.05) is 7.11 Å². The predicted octanol–water partition coefficient (Wildman–Crippen LogP) is 3.09. The SMILES string of the molecule is COC(=O)C1=c2s/c(=C\c3ccc(Cl)cc3Cl)c(=O)n2C(N)=C(C(N)=O)[C@H]1c1ccc(Cl)cc1Cl. The number of carbonyl (C=O) groups is 2. The molecule has 35 heavy (non-hydrogen) atoms. The fraction of sp³-hybridized carbons (Fsp3) is 0.0870. The van der Waals surface area contributed by atoms with E-state index in [9.17, 15) is 14.4 Å². The molecule has 7 nitrogen and oxygen atoms in total. The molecule has 0 unspecified atom stereocenters. The molecule has 1 amide bonds. The largest absolute Gasteiger partial charge is 0.466 e. The van der Waals surface area contributed by atoms with Gasteiger partial charge < -0.3 is 16.2 Å². The van der Waals surface area contributed by atoms with Crippen LogP contribution in [0.4, 0.5) is 0 Å². The Morgan fingerprint density at radius 2 is 1.66 bits per heavy atom. The number of ether oxygens (including phenoxy) is 1. The maximum absolute atomic E-state index is 13.4. The van der Waals surface area contributed by atoms with Crippen LogP contribution < -0.4 is 26.2 Å². The zero-order valence-corrected chi connectivity index (χ0v) is 21.6. The third-order valence-electron chi connectivity index (χ3n) is 5.34. The van der Waals surface area contributed by atoms with Crippen LogP contribution in [-0.2, 0) is 14.3 Å². The molecular formula is C23H15Cl4N3O4S. The monoisotopic (exact) mass is 569 g/mol. The van der Waals surface area contributed by atoms with Gasteiger partial charge in [-0.15, -0.1) is 11.3 Å². The Kier molecular flexibility index (Phi) is 7.04. The summed E-state index contributed by atoms with van der Waals surface area (Å²) in [7, 11) is 1.18. The van der Waals surface area contributed by atoms with Crippen molar-refractivity contribution in [1.82, 2.24) is 4.57 Å². The summed E-state index contributed by atoms with van der Waals surface area (Å²) in [4.78, 5) is 39.0. The van der Waals surface area contributed by atoms with Crippen LogP contribution in [0.1, 0.15) is 17.0 Å². The first kappa shape index (κ1) is 25.3. The maximum atomic E-state index is 13.4. The van der Waals surface area contributed by atoms with E-state index in [1.807, 2.05) is 0 Å². The summed E-state index contributed by atoms with van der Waals surface area (Å²) in [6.07, 6.45) is 1.54. The van der Waals surface area contributed by atoms with Crippen molar-refractivity contribution in [1.29, 1.82) is 0 Å². The predicted molar refractivity (Wildman–Crippen MR) is 139 cm³/mol. The molecular weight excluding hydrogens is 556 g/mol. The van der Waals surface area contributed by atoms with Crippen LogP contribution in [0.25, 0.3) is 17.5 Å². The van der Waals surface area contributed by atoms with Crippen molar-refractivity contribution in [3.8, 4) is 0 Å². The normalized spacial score (nSPS) is 15.9. The molecule has 0 saturated carbocycles. The molecule has 2 aromatic carbocycles. The van der Waals surface area contributed by atoms with E-state index in [4.69, 9.17) is 62.6 Å². The minimum absolute atomic E-state index is 0.0244. The zero-order chi connectivity index (χ0) is 25.6. The second-order valence-electron chi connectivity index (χ2n) is 7.39. The van der Waals surface area contributed by atoms with Gasteiger partial charge >= 0.3 is 5.97 Å². The van der Waals surface area contributed by atoms with E-state index >= 15 is 0 Å². The molecule has 180 valence electrons. The van der Waals surface area contributed by atoms with Crippen LogP contribution in [0.3, 0.4) is 0 Å². The molecule has 0 bridgehead atoms. The first-order chi connectivity index (χ1) is 16.5. The minimum Gasteiger partial charge on any atom is -0.466 e. The second-order valence-corrected chi connectivity index (χ2v) is 10.1. The molecule has 0 aliphatic carbocycles. The number of rotatable bonds is 4. The van der Waals surface area contributed by atoms with Gasteiger partial charge in [0, 0.05) is 20.1 Å². The summed E-state index contributed by atoms with van der Waals surface area (Å²) >= 11 is 25.7. The summed E-state index contributed by atoms with van der Waals surface area (Å²) in [6, 6.07) is 9.35. The Hall–Kier alpha value is -2.75. The Morgan fingerprint density at radius 1 is 1.03 bits per heavy atom. The lowest BCUT2D eigenvalue weighted by atomic mass is 9.83. The fourth-order valence-corrected chi connectivity index (χ4v) is 5.94. The number of thiazole rings is 1. The van der Waals surface area contributed by atoms with Crippen LogP contribution in [-0.4, -0.2) is 23.6 Å². The molecule has 0 fully saturated rings. The highest BCUT2D eigenvalue weighted by Gasteiger charge is 2.39. The first-order valence-electron chi connectivity index (χ1n) is 9.81. The number of primary amides is 1. The number of methoxy groups -OCH3 is 1. The van der Waals surface area contributed by atoms with Gasteiger partial charge in [0.05, 0.1) is 28.7 Å². The molecule has 1 aliphatic rings. The van der Waals surface area contributed by atoms with Crippen molar-refractivity contribution in [2.24, 2.45) is 11.5 Å². The zero-order valence-electron chi connectivity index (χ0n) is 17.8. The number of aromatic nitrogens is 1. The van der Waals surface area contributed by atoms with E-state index in [0.29, 0.717) is 26.2 Å². The lowest BCUT2D eigenvalue weighted by Gasteiger charge is -2.27. The lowest BCUT2D eigenvalue weighted by Crippen LogP contribution is -2.42. The molecule has 3 aromatic rings. The van der Waals surface area contributed by atoms with Gasteiger partial charge in [-0.1, -0.05) is 58.5 Å². The standard InChI is InChI=1S/C23H15Cl4N3O4S/c1-34-23(33)18-16(12-5-4-11(25)8-14(12)27)17(20(29)31)19(28)30-21(32)15(35-22(18)30)6-9-2-3-10(24)7-13(9)26/h2-8,16H,28H2,1H3,(H2,29,31)/b15-6-/t16-/m1/s1. The van der Waals surface area contributed by atoms with Crippen molar-refractivity contribution in [2.45, 2.75) is 5.92 Å². The average molecular weight is 571 g/mol. The number of esters is 1. The van der Waals surface area contributed by atoms with E-state index < -0.39 is 23.4 Å². The summed E-state index contributed by atoms with van der Waals surface area (Å²) in [5, 5.41) is 1.26. The Morgan fingerprint density at radius 3 is 2.23 bits per heavy atom. The number of amides is 1. The van der Waals surface area contributed by atoms with Gasteiger partial charge in [-0.2, -0.15) is 0 Å². The third-order valence-corrected chi connectivity index (χ3v) is 7.57. The molecule has 0 radical (unpaired) electrons. The van der Waals surface area contributed by atoms with Crippen molar-refractivity contribution in [3.63, 3.8) is 0 Å². The number of nitrogens with zero attached hydrogens (tertiary/aromatic N) is 1. The molecule has 2 heterocycles. The first-order valence-corrected chi connectivity index (χ1v) is 12.1. The van der Waals surface area contributed by atoms with Crippen LogP contribution in [0.5, 0.6) is 0 Å². The average Bonchev–Trinajstić information content (AvgIpc) is 3.11. The van der Waals surface area contributed by atoms with Gasteiger partial charge in [0.15, 0.2) is 0 Å². The van der Waals surface area contributed by atoms with Crippen LogP contribution in [0, 0.1) is 0 Å². The Balaban J connectivity index is 2.15. The summed E-state index contributed by atoms with van der Waals surface area (Å²) in [6.45, 7) is 0. The maximum Gasteiger partial charge on any atom is 0.337 e. The van der Waals surface area contributed by atoms with Crippen molar-refractivity contribution < 1.29 is 14.3 Å². The number of fused-ring (bicyclic) bond motifs is 1. The van der Waals surface area contributed by atoms with Crippen LogP contribution in [0.2, 0.25) is 20.1 Å². The number of benzene rings is 2. The van der Waals surface area contributed by atoms with E-state index in [1.165, 1.54) is 25.3 Å². The number of hydrogen-bond acceptors (Lipinski definition) is 6. The summed E-state index contributed by atoms with van der Waals surface area (Å²) in [5.74, 6) is -3.05. The van der Waals surface area contributed by atoms with Crippen LogP contribution in [0.15, 0.2) is 46.8 Å². The van der Waals surface area contributed by atoms with Crippen molar-refractivity contribution >= 4 is 87.1 Å². The third kappa shape index (κ3) is 4.48. The van der Waals surface area contributed by atoms with E-state index in [1.54, 1.807) is 24.3 Å². The lowest BCUT2D eigenvalue weighted by molar-refractivity contribution is -0.134. The van der Waals surface area contributed by atoms with Gasteiger partial charge in [0.25, 0.3) is 5.56 Å². The topological polar surface area (TPSA) is 117 Å². The van der Waals surface area contributed by atoms with E-state index in [-0.39, 0.29) is 31.2 Å². The van der Waals surface area contributed by atoms with Gasteiger partial charge in [-0.3, -0.25) is 14.2 Å². The van der Waals surface area contributed by atoms with E-state index in [0.717, 1.165) is 15.9 Å². The van der Waals surface area contributed by atoms with E-state index in [2.05, 4.69) is 0 Å². The minimum atomic E-state index is -1.10. The fourth-order valence-electron chi connectivity index (χ4n) is 3.81. The van der Waals surface area contributed by atoms with Crippen LogP contribution >= 0.6 is 57.7 Å². The highest BCUT2D eigenvalue weighted by molar-refractivity contribution is 7.07. The van der Waals surface area contributed by atoms with Gasteiger partial charge in [0.1, 0.15) is 10.5 Å². The highest BCUT2D eigenvalue weighted by atomic mass is 35.5. The number of hydrogen-bond donors (Lipinski definition) is 2. The Labute approximate surface area is 222 Å². The van der Waals surface area contributed by atoms with Gasteiger partial charge in [-0.05, 0) is 41.5 Å². The molecule has 12 heteroatoms. The Bertz CT molecular complexity index is 1620. The number of carbonyl (C=O) groups excluding carboxylic acids is 2. The van der Waals surface area contributed by atoms with Gasteiger partial charge in [-0.25, -0.2) is 4.79 Å². The summed E-state index contributed by atoms with van der Waals surface area (Å²) in [5.41, 5.74) is 12.1. The highest BCUT2D eigenvalue weighted by Crippen LogP contribution is 2.40. The molecule has 0 saturated heterocycles. The summed E-state index contributed by atoms with van der Waals surface area (Å²) < 4.78 is 6.43. The molecule has 4 N–H and O–H groups in total. The van der Waals surface area contributed by atoms with Crippen molar-refractivity contribution in [3.05, 3.63) is 92.7 Å². The quantitative estimate of drug-likeness (QED) is 0.467. The molecule has 4 rings (SSSR count). The smallest absolute Gasteiger partial charge is 0.337 e. The molecule has 1 aromatic heterocycles. The molecule has 0 spiro atoms.